The number of nitrogens with zero attached hydrogens (tertiary/aromatic N) is 3. The Hall–Kier alpha value is -1.64. The molecule has 0 radical (unpaired) electrons. The average Bonchev–Trinajstić information content (AvgIpc) is 2.77. The predicted octanol–water partition coefficient (Wildman–Crippen LogP) is 3.96. The topological polar surface area (TPSA) is 30.7 Å². The Morgan fingerprint density at radius 3 is 2.33 bits per heavy atom. The molecule has 3 heteroatoms. The van der Waals surface area contributed by atoms with Crippen LogP contribution in [0.3, 0.4) is 0 Å². The van der Waals surface area contributed by atoms with Gasteiger partial charge in [0.05, 0.1) is 6.20 Å². The lowest BCUT2D eigenvalue weighted by Crippen LogP contribution is -2.00. The fourth-order valence-corrected chi connectivity index (χ4v) is 2.14. The van der Waals surface area contributed by atoms with Crippen LogP contribution in [0.4, 0.5) is 0 Å². The molecule has 0 saturated carbocycles. The third-order valence-corrected chi connectivity index (χ3v) is 3.23. The summed E-state index contributed by atoms with van der Waals surface area (Å²) >= 11 is 0. The van der Waals surface area contributed by atoms with Gasteiger partial charge in [-0.1, -0.05) is 31.2 Å². The van der Waals surface area contributed by atoms with E-state index in [2.05, 4.69) is 63.1 Å². The smallest absolute Gasteiger partial charge is 0.113 e. The maximum absolute atomic E-state index is 4.24. The zero-order valence-electron chi connectivity index (χ0n) is 11.8. The third-order valence-electron chi connectivity index (χ3n) is 3.23. The van der Waals surface area contributed by atoms with Gasteiger partial charge >= 0.3 is 0 Å². The number of aryl methyl sites for hydroxylation is 1. The quantitative estimate of drug-likeness (QED) is 0.817. The molecule has 0 amide bonds. The Labute approximate surface area is 109 Å². The van der Waals surface area contributed by atoms with Crippen molar-refractivity contribution in [3.05, 3.63) is 35.5 Å². The summed E-state index contributed by atoms with van der Waals surface area (Å²) in [6.07, 6.45) is 2.01. The average molecular weight is 243 g/mol. The minimum Gasteiger partial charge on any atom is -0.249 e. The van der Waals surface area contributed by atoms with Crippen LogP contribution in [0.2, 0.25) is 0 Å². The first-order chi connectivity index (χ1) is 8.49. The summed E-state index contributed by atoms with van der Waals surface area (Å²) in [6, 6.07) is 6.88. The zero-order valence-corrected chi connectivity index (χ0v) is 11.8. The van der Waals surface area contributed by atoms with E-state index in [4.69, 9.17) is 0 Å². The summed E-state index contributed by atoms with van der Waals surface area (Å²) in [5.41, 5.74) is 4.81. The first-order valence-corrected chi connectivity index (χ1v) is 6.51. The fraction of sp³-hybridized carbons (Fsp3) is 0.467. The van der Waals surface area contributed by atoms with E-state index in [0.717, 1.165) is 11.3 Å². The predicted molar refractivity (Wildman–Crippen MR) is 74.7 cm³/mol. The van der Waals surface area contributed by atoms with Crippen LogP contribution in [0, 0.1) is 6.92 Å². The van der Waals surface area contributed by atoms with Crippen molar-refractivity contribution in [2.45, 2.75) is 46.6 Å². The third kappa shape index (κ3) is 2.45. The highest BCUT2D eigenvalue weighted by molar-refractivity contribution is 5.60. The molecule has 0 aliphatic carbocycles. The van der Waals surface area contributed by atoms with Crippen LogP contribution >= 0.6 is 0 Å². The van der Waals surface area contributed by atoms with Crippen LogP contribution in [0.25, 0.3) is 11.3 Å². The van der Waals surface area contributed by atoms with Gasteiger partial charge in [-0.3, -0.25) is 0 Å². The summed E-state index contributed by atoms with van der Waals surface area (Å²) in [5, 5.41) is 8.38. The molecule has 2 aromatic rings. The van der Waals surface area contributed by atoms with Crippen molar-refractivity contribution in [3.63, 3.8) is 0 Å². The lowest BCUT2D eigenvalue weighted by atomic mass is 9.95. The minimum absolute atomic E-state index is 0.349. The minimum atomic E-state index is 0.349. The first-order valence-electron chi connectivity index (χ1n) is 6.51. The number of aromatic nitrogens is 3. The summed E-state index contributed by atoms with van der Waals surface area (Å²) < 4.78 is 1.89. The van der Waals surface area contributed by atoms with Crippen LogP contribution in [-0.2, 0) is 0 Å². The van der Waals surface area contributed by atoms with Gasteiger partial charge in [0.1, 0.15) is 5.69 Å². The van der Waals surface area contributed by atoms with Gasteiger partial charge in [0.15, 0.2) is 0 Å². The second-order valence-electron chi connectivity index (χ2n) is 5.40. The zero-order chi connectivity index (χ0) is 13.3. The monoisotopic (exact) mass is 243 g/mol. The van der Waals surface area contributed by atoms with Crippen molar-refractivity contribution >= 4 is 0 Å². The molecule has 3 nitrogen and oxygen atoms in total. The van der Waals surface area contributed by atoms with Gasteiger partial charge in [0, 0.05) is 11.6 Å². The van der Waals surface area contributed by atoms with Gasteiger partial charge < -0.3 is 0 Å². The molecule has 96 valence electrons. The van der Waals surface area contributed by atoms with E-state index in [1.54, 1.807) is 0 Å². The van der Waals surface area contributed by atoms with Gasteiger partial charge in [0.25, 0.3) is 0 Å². The highest BCUT2D eigenvalue weighted by Gasteiger charge is 2.09. The SMILES string of the molecule is Cc1cc(-c2cn(C(C)C)nn2)ccc1C(C)C. The first kappa shape index (κ1) is 12.8. The van der Waals surface area contributed by atoms with E-state index in [0.29, 0.717) is 12.0 Å². The Balaban J connectivity index is 2.36. The van der Waals surface area contributed by atoms with E-state index in [9.17, 15) is 0 Å². The van der Waals surface area contributed by atoms with Gasteiger partial charge in [0.2, 0.25) is 0 Å². The molecule has 0 bridgehead atoms. The molecule has 1 aromatic heterocycles. The number of rotatable bonds is 3. The molecule has 0 fully saturated rings. The molecule has 2 rings (SSSR count). The van der Waals surface area contributed by atoms with Gasteiger partial charge in [-0.25, -0.2) is 4.68 Å². The molecular weight excluding hydrogens is 222 g/mol. The van der Waals surface area contributed by atoms with Crippen LogP contribution in [0.1, 0.15) is 50.8 Å². The molecule has 0 spiro atoms. The maximum Gasteiger partial charge on any atom is 0.113 e. The van der Waals surface area contributed by atoms with Crippen molar-refractivity contribution in [2.75, 3.05) is 0 Å². The van der Waals surface area contributed by atoms with Crippen molar-refractivity contribution in [2.24, 2.45) is 0 Å². The van der Waals surface area contributed by atoms with Gasteiger partial charge in [-0.05, 0) is 43.9 Å². The molecule has 18 heavy (non-hydrogen) atoms. The summed E-state index contributed by atoms with van der Waals surface area (Å²) in [4.78, 5) is 0. The highest BCUT2D eigenvalue weighted by Crippen LogP contribution is 2.25. The number of hydrogen-bond acceptors (Lipinski definition) is 2. The van der Waals surface area contributed by atoms with Crippen molar-refractivity contribution in [3.8, 4) is 11.3 Å². The Kier molecular flexibility index (Phi) is 3.50. The molecule has 1 aromatic carbocycles. The molecule has 0 N–H and O–H groups in total. The van der Waals surface area contributed by atoms with Gasteiger partial charge in [-0.2, -0.15) is 0 Å². The maximum atomic E-state index is 4.24. The van der Waals surface area contributed by atoms with Crippen LogP contribution in [0.15, 0.2) is 24.4 Å². The van der Waals surface area contributed by atoms with E-state index in [1.165, 1.54) is 11.1 Å². The Morgan fingerprint density at radius 2 is 1.83 bits per heavy atom. The Morgan fingerprint density at radius 1 is 1.11 bits per heavy atom. The number of benzene rings is 1. The van der Waals surface area contributed by atoms with E-state index < -0.39 is 0 Å². The summed E-state index contributed by atoms with van der Waals surface area (Å²) in [5.74, 6) is 0.561. The lowest BCUT2D eigenvalue weighted by molar-refractivity contribution is 0.514. The van der Waals surface area contributed by atoms with Crippen molar-refractivity contribution in [1.29, 1.82) is 0 Å². The Bertz CT molecular complexity index is 538. The highest BCUT2D eigenvalue weighted by atomic mass is 15.4. The number of hydrogen-bond donors (Lipinski definition) is 0. The molecule has 0 saturated heterocycles. The lowest BCUT2D eigenvalue weighted by Gasteiger charge is -2.10. The van der Waals surface area contributed by atoms with Crippen LogP contribution in [-0.4, -0.2) is 15.0 Å². The summed E-state index contributed by atoms with van der Waals surface area (Å²) in [7, 11) is 0. The molecule has 0 aliphatic rings. The fourth-order valence-electron chi connectivity index (χ4n) is 2.14. The van der Waals surface area contributed by atoms with Crippen LogP contribution < -0.4 is 0 Å². The molecule has 0 unspecified atom stereocenters. The standard InChI is InChI=1S/C15H21N3/c1-10(2)14-7-6-13(8-12(14)5)15-9-18(11(3)4)17-16-15/h6-11H,1-5H3. The van der Waals surface area contributed by atoms with E-state index in [-0.39, 0.29) is 0 Å². The summed E-state index contributed by atoms with van der Waals surface area (Å²) in [6.45, 7) is 10.8. The van der Waals surface area contributed by atoms with Gasteiger partial charge in [-0.15, -0.1) is 5.10 Å². The molecule has 0 aliphatic heterocycles. The van der Waals surface area contributed by atoms with Crippen LogP contribution in [0.5, 0.6) is 0 Å². The molecular formula is C15H21N3. The van der Waals surface area contributed by atoms with E-state index >= 15 is 0 Å². The molecule has 0 atom stereocenters. The normalized spacial score (nSPS) is 11.5. The molecule has 1 heterocycles. The largest absolute Gasteiger partial charge is 0.249 e. The van der Waals surface area contributed by atoms with E-state index in [1.807, 2.05) is 10.9 Å². The van der Waals surface area contributed by atoms with Crippen molar-refractivity contribution < 1.29 is 0 Å². The second-order valence-corrected chi connectivity index (χ2v) is 5.40. The van der Waals surface area contributed by atoms with Crippen molar-refractivity contribution in [1.82, 2.24) is 15.0 Å². The second kappa shape index (κ2) is 4.92.